The first-order chi connectivity index (χ1) is 11.1. The first-order valence-corrected chi connectivity index (χ1v) is 6.84. The van der Waals surface area contributed by atoms with Crippen molar-refractivity contribution in [1.29, 1.82) is 0 Å². The maximum Gasteiger partial charge on any atom is 0.355 e. The number of carboxylic acids is 4. The van der Waals surface area contributed by atoms with Crippen molar-refractivity contribution in [2.24, 2.45) is 0 Å². The Bertz CT molecular complexity index is 876. The van der Waals surface area contributed by atoms with Gasteiger partial charge in [-0.15, -0.1) is 0 Å². The number of hydrogen-bond donors (Lipinski definition) is 4. The van der Waals surface area contributed by atoms with Crippen LogP contribution in [0.2, 0.25) is 0 Å². The van der Waals surface area contributed by atoms with E-state index in [1.165, 1.54) is 6.92 Å². The zero-order valence-electron chi connectivity index (χ0n) is 11.7. The van der Waals surface area contributed by atoms with Crippen molar-refractivity contribution in [3.63, 3.8) is 0 Å². The molecule has 0 saturated carbocycles. The third kappa shape index (κ3) is 2.54. The van der Waals surface area contributed by atoms with Crippen molar-refractivity contribution in [2.75, 3.05) is 0 Å². The van der Waals surface area contributed by atoms with Gasteiger partial charge in [0.15, 0.2) is 11.4 Å². The van der Waals surface area contributed by atoms with Gasteiger partial charge >= 0.3 is 23.9 Å². The van der Waals surface area contributed by atoms with Crippen LogP contribution < -0.4 is 0 Å². The predicted molar refractivity (Wildman–Crippen MR) is 79.8 cm³/mol. The number of rotatable bonds is 4. The summed E-state index contributed by atoms with van der Waals surface area (Å²) in [6.07, 6.45) is 0. The maximum atomic E-state index is 11.5. The molecule has 0 fully saturated rings. The van der Waals surface area contributed by atoms with Gasteiger partial charge in [-0.1, -0.05) is 0 Å². The number of fused-ring (bicyclic) bond motifs is 1. The highest BCUT2D eigenvalue weighted by atomic mass is 79.9. The first-order valence-electron chi connectivity index (χ1n) is 6.04. The van der Waals surface area contributed by atoms with Crippen molar-refractivity contribution in [2.45, 2.75) is 6.92 Å². The Morgan fingerprint density at radius 2 is 1.17 bits per heavy atom. The Balaban J connectivity index is 3.34. The van der Waals surface area contributed by atoms with E-state index < -0.39 is 61.8 Å². The van der Waals surface area contributed by atoms with Crippen LogP contribution in [-0.4, -0.2) is 54.3 Å². The van der Waals surface area contributed by atoms with E-state index in [-0.39, 0.29) is 5.69 Å². The SMILES string of the molecule is Cc1nc(C(=O)O)c2c(C(=O)O)c(Br)nc(C(=O)O)c2c1C(=O)O. The van der Waals surface area contributed by atoms with Crippen LogP contribution >= 0.6 is 15.9 Å². The molecule has 0 aliphatic heterocycles. The first kappa shape index (κ1) is 17.3. The Kier molecular flexibility index (Phi) is 4.21. The van der Waals surface area contributed by atoms with E-state index in [9.17, 15) is 39.6 Å². The van der Waals surface area contributed by atoms with Gasteiger partial charge in [-0.05, 0) is 22.9 Å². The molecule has 24 heavy (non-hydrogen) atoms. The molecule has 0 aliphatic carbocycles. The van der Waals surface area contributed by atoms with E-state index in [4.69, 9.17) is 0 Å². The number of hydrogen-bond acceptors (Lipinski definition) is 6. The van der Waals surface area contributed by atoms with E-state index in [1.54, 1.807) is 0 Å². The van der Waals surface area contributed by atoms with E-state index in [2.05, 4.69) is 25.9 Å². The minimum Gasteiger partial charge on any atom is -0.478 e. The second-order valence-corrected chi connectivity index (χ2v) is 5.27. The van der Waals surface area contributed by atoms with E-state index >= 15 is 0 Å². The Hall–Kier alpha value is -3.08. The number of aromatic nitrogens is 2. The molecule has 124 valence electrons. The number of pyridine rings is 2. The topological polar surface area (TPSA) is 175 Å². The van der Waals surface area contributed by atoms with Crippen molar-refractivity contribution in [3.05, 3.63) is 32.8 Å². The lowest BCUT2D eigenvalue weighted by Gasteiger charge is -2.14. The second-order valence-electron chi connectivity index (χ2n) is 4.52. The van der Waals surface area contributed by atoms with Crippen LogP contribution in [0.15, 0.2) is 4.60 Å². The predicted octanol–water partition coefficient (Wildman–Crippen LogP) is 1.49. The lowest BCUT2D eigenvalue weighted by molar-refractivity contribution is 0.0668. The molecule has 2 heterocycles. The third-order valence-corrected chi connectivity index (χ3v) is 3.69. The highest BCUT2D eigenvalue weighted by Crippen LogP contribution is 2.33. The van der Waals surface area contributed by atoms with E-state index in [1.807, 2.05) is 0 Å². The summed E-state index contributed by atoms with van der Waals surface area (Å²) in [5.74, 6) is -6.51. The largest absolute Gasteiger partial charge is 0.478 e. The van der Waals surface area contributed by atoms with Gasteiger partial charge in [0.05, 0.1) is 11.3 Å². The minimum atomic E-state index is -1.65. The van der Waals surface area contributed by atoms with Gasteiger partial charge in [-0.2, -0.15) is 0 Å². The summed E-state index contributed by atoms with van der Waals surface area (Å²) >= 11 is 2.78. The number of aryl methyl sites for hydroxylation is 1. The molecule has 0 aliphatic rings. The molecule has 10 nitrogen and oxygen atoms in total. The molecule has 0 spiro atoms. The van der Waals surface area contributed by atoms with Crippen LogP contribution in [0.4, 0.5) is 0 Å². The number of aromatic carboxylic acids is 4. The molecule has 0 bridgehead atoms. The van der Waals surface area contributed by atoms with Crippen molar-refractivity contribution < 1.29 is 39.6 Å². The average Bonchev–Trinajstić information content (AvgIpc) is 2.44. The molecule has 0 atom stereocenters. The molecular weight excluding hydrogens is 392 g/mol. The smallest absolute Gasteiger partial charge is 0.355 e. The monoisotopic (exact) mass is 398 g/mol. The van der Waals surface area contributed by atoms with Crippen molar-refractivity contribution >= 4 is 50.6 Å². The minimum absolute atomic E-state index is 0.282. The number of carbonyl (C=O) groups is 4. The summed E-state index contributed by atoms with van der Waals surface area (Å²) in [5.41, 5.74) is -3.18. The fourth-order valence-electron chi connectivity index (χ4n) is 2.26. The molecule has 0 unspecified atom stereocenters. The molecule has 4 N–H and O–H groups in total. The quantitative estimate of drug-likeness (QED) is 0.551. The Labute approximate surface area is 140 Å². The maximum absolute atomic E-state index is 11.5. The molecular formula is C13H7BrN2O8. The standard InChI is InChI=1S/C13H7BrN2O8/c1-2-3(10(17)18)4-5(7(15-2)12(21)22)6(11(19)20)9(14)16-8(4)13(23)24/h1H3,(H,17,18)(H,19,20)(H,21,22)(H,23,24). The van der Waals surface area contributed by atoms with Gasteiger partial charge in [0.1, 0.15) is 10.2 Å². The van der Waals surface area contributed by atoms with Crippen LogP contribution in [0.3, 0.4) is 0 Å². The molecule has 2 rings (SSSR count). The lowest BCUT2D eigenvalue weighted by Crippen LogP contribution is -2.17. The van der Waals surface area contributed by atoms with Crippen LogP contribution in [0.5, 0.6) is 0 Å². The Morgan fingerprint density at radius 1 is 0.750 bits per heavy atom. The third-order valence-electron chi connectivity index (χ3n) is 3.11. The average molecular weight is 399 g/mol. The summed E-state index contributed by atoms with van der Waals surface area (Å²) in [6.45, 7) is 1.17. The normalized spacial score (nSPS) is 10.6. The second kappa shape index (κ2) is 5.85. The zero-order valence-corrected chi connectivity index (χ0v) is 13.3. The summed E-state index contributed by atoms with van der Waals surface area (Å²) in [6, 6.07) is 0. The molecule has 2 aromatic rings. The van der Waals surface area contributed by atoms with Crippen LogP contribution in [0.25, 0.3) is 10.8 Å². The molecule has 0 saturated heterocycles. The fraction of sp³-hybridized carbons (Fsp3) is 0.0769. The van der Waals surface area contributed by atoms with Crippen LogP contribution in [0.1, 0.15) is 47.4 Å². The van der Waals surface area contributed by atoms with E-state index in [0.29, 0.717) is 0 Å². The number of halogens is 1. The fourth-order valence-corrected chi connectivity index (χ4v) is 2.81. The van der Waals surface area contributed by atoms with Gasteiger partial charge in [-0.25, -0.2) is 29.1 Å². The van der Waals surface area contributed by atoms with Gasteiger partial charge < -0.3 is 20.4 Å². The van der Waals surface area contributed by atoms with Gasteiger partial charge in [0.25, 0.3) is 0 Å². The molecule has 0 aromatic carbocycles. The number of nitrogens with zero attached hydrogens (tertiary/aromatic N) is 2. The van der Waals surface area contributed by atoms with Crippen molar-refractivity contribution in [1.82, 2.24) is 9.97 Å². The number of carboxylic acid groups (broad SMARTS) is 4. The summed E-state index contributed by atoms with van der Waals surface area (Å²) in [4.78, 5) is 53.0. The van der Waals surface area contributed by atoms with Gasteiger partial charge in [-0.3, -0.25) is 0 Å². The molecule has 0 amide bonds. The van der Waals surface area contributed by atoms with E-state index in [0.717, 1.165) is 0 Å². The molecule has 0 radical (unpaired) electrons. The van der Waals surface area contributed by atoms with Gasteiger partial charge in [0.2, 0.25) is 0 Å². The highest BCUT2D eigenvalue weighted by molar-refractivity contribution is 9.10. The van der Waals surface area contributed by atoms with Crippen LogP contribution in [0, 0.1) is 6.92 Å². The molecule has 2 aromatic heterocycles. The van der Waals surface area contributed by atoms with Gasteiger partial charge in [0, 0.05) is 10.8 Å². The van der Waals surface area contributed by atoms with Crippen LogP contribution in [-0.2, 0) is 0 Å². The van der Waals surface area contributed by atoms with Crippen molar-refractivity contribution in [3.8, 4) is 0 Å². The Morgan fingerprint density at radius 3 is 1.58 bits per heavy atom. The highest BCUT2D eigenvalue weighted by Gasteiger charge is 2.31. The molecule has 11 heteroatoms. The summed E-state index contributed by atoms with van der Waals surface area (Å²) < 4.78 is -0.454. The lowest BCUT2D eigenvalue weighted by atomic mass is 9.97. The zero-order chi connectivity index (χ0) is 18.3. The summed E-state index contributed by atoms with van der Waals surface area (Å²) in [5, 5.41) is 36.0. The summed E-state index contributed by atoms with van der Waals surface area (Å²) in [7, 11) is 0.